The van der Waals surface area contributed by atoms with Gasteiger partial charge in [0, 0.05) is 64.3 Å². The predicted octanol–water partition coefficient (Wildman–Crippen LogP) is 2.50. The molecule has 1 aromatic heterocycles. The quantitative estimate of drug-likeness (QED) is 0.379. The van der Waals surface area contributed by atoms with Crippen molar-refractivity contribution >= 4 is 10.9 Å². The number of nitrogens with one attached hydrogen (secondary N) is 4. The highest BCUT2D eigenvalue weighted by Crippen LogP contribution is 2.11. The highest BCUT2D eigenvalue weighted by Gasteiger charge is 2.06. The molecule has 0 saturated carbocycles. The van der Waals surface area contributed by atoms with Crippen molar-refractivity contribution in [1.29, 1.82) is 0 Å². The maximum absolute atomic E-state index is 4.73. The average molecular weight is 447 g/mol. The van der Waals surface area contributed by atoms with Crippen molar-refractivity contribution in [2.45, 2.75) is 26.1 Å². The van der Waals surface area contributed by atoms with Gasteiger partial charge >= 0.3 is 0 Å². The van der Waals surface area contributed by atoms with E-state index in [4.69, 9.17) is 4.98 Å². The van der Waals surface area contributed by atoms with E-state index in [1.165, 1.54) is 16.5 Å². The topological polar surface area (TPSA) is 64.2 Å². The molecule has 0 atom stereocenters. The van der Waals surface area contributed by atoms with Crippen molar-refractivity contribution in [2.75, 3.05) is 52.4 Å². The number of nitrogens with zero attached hydrogens (tertiary/aromatic N) is 2. The van der Waals surface area contributed by atoms with Gasteiger partial charge in [-0.3, -0.25) is 9.88 Å². The fourth-order valence-corrected chi connectivity index (χ4v) is 4.25. The van der Waals surface area contributed by atoms with Gasteiger partial charge in [-0.1, -0.05) is 48.5 Å². The molecule has 0 spiro atoms. The molecule has 4 rings (SSSR count). The van der Waals surface area contributed by atoms with Gasteiger partial charge in [-0.15, -0.1) is 0 Å². The zero-order chi connectivity index (χ0) is 22.6. The van der Waals surface area contributed by atoms with Crippen LogP contribution >= 0.6 is 0 Å². The highest BCUT2D eigenvalue weighted by atomic mass is 15.2. The van der Waals surface area contributed by atoms with Crippen LogP contribution in [-0.2, 0) is 19.6 Å². The summed E-state index contributed by atoms with van der Waals surface area (Å²) in [7, 11) is 0. The summed E-state index contributed by atoms with van der Waals surface area (Å²) < 4.78 is 0. The van der Waals surface area contributed by atoms with Crippen LogP contribution in [-0.4, -0.2) is 62.2 Å². The number of hydrogen-bond acceptors (Lipinski definition) is 6. The molecule has 6 heteroatoms. The molecule has 2 heterocycles. The zero-order valence-electron chi connectivity index (χ0n) is 19.7. The monoisotopic (exact) mass is 446 g/mol. The number of fused-ring (bicyclic) bond motifs is 3. The minimum atomic E-state index is 0.822. The number of rotatable bonds is 9. The molecule has 0 radical (unpaired) electrons. The Hall–Kier alpha value is -2.35. The Morgan fingerprint density at radius 2 is 1.55 bits per heavy atom. The van der Waals surface area contributed by atoms with E-state index in [-0.39, 0.29) is 0 Å². The lowest BCUT2D eigenvalue weighted by Crippen LogP contribution is -2.41. The zero-order valence-corrected chi connectivity index (χ0v) is 19.7. The maximum atomic E-state index is 4.73. The van der Waals surface area contributed by atoms with Gasteiger partial charge in [-0.05, 0) is 42.8 Å². The van der Waals surface area contributed by atoms with Crippen molar-refractivity contribution in [3.8, 4) is 0 Å². The first-order chi connectivity index (χ1) is 16.4. The Balaban J connectivity index is 1.07. The van der Waals surface area contributed by atoms with Gasteiger partial charge < -0.3 is 21.3 Å². The summed E-state index contributed by atoms with van der Waals surface area (Å²) in [6.45, 7) is 11.1. The third-order valence-electron chi connectivity index (χ3n) is 6.13. The lowest BCUT2D eigenvalue weighted by Gasteiger charge is -2.23. The Bertz CT molecular complexity index is 948. The van der Waals surface area contributed by atoms with Crippen molar-refractivity contribution in [3.63, 3.8) is 0 Å². The second kappa shape index (κ2) is 13.4. The second-order valence-electron chi connectivity index (χ2n) is 8.79. The smallest absolute Gasteiger partial charge is 0.0705 e. The molecule has 33 heavy (non-hydrogen) atoms. The molecule has 3 aromatic rings. The van der Waals surface area contributed by atoms with Crippen LogP contribution in [0.3, 0.4) is 0 Å². The van der Waals surface area contributed by atoms with Crippen molar-refractivity contribution in [2.24, 2.45) is 0 Å². The molecular formula is C27H38N6. The number of hydrogen-bond donors (Lipinski definition) is 4. The molecule has 2 bridgehead atoms. The number of para-hydroxylation sites is 1. The molecule has 0 aliphatic carbocycles. The maximum Gasteiger partial charge on any atom is 0.0705 e. The van der Waals surface area contributed by atoms with E-state index in [1.54, 1.807) is 0 Å². The van der Waals surface area contributed by atoms with Gasteiger partial charge in [0.1, 0.15) is 0 Å². The number of benzene rings is 2. The standard InChI is InChI=1S/C27H38N6/c1-2-8-27-25(7-1)9-10-26(32-27)22-29-12-4-11-28-13-16-33-17-14-30-20-23-5-3-6-24(19-23)21-31-15-18-33/h1-3,5-10,19,28-31H,4,11-18,20-22H2. The Labute approximate surface area is 198 Å². The van der Waals surface area contributed by atoms with Gasteiger partial charge in [-0.25, -0.2) is 0 Å². The molecule has 0 unspecified atom stereocenters. The van der Waals surface area contributed by atoms with Crippen LogP contribution in [0, 0.1) is 0 Å². The van der Waals surface area contributed by atoms with Gasteiger partial charge in [0.2, 0.25) is 0 Å². The SMILES string of the molecule is c1cc2cc(c1)CNCCN(CCNCCCNCc1ccc3ccccc3n1)CCNC2. The van der Waals surface area contributed by atoms with Crippen LogP contribution in [0.5, 0.6) is 0 Å². The summed E-state index contributed by atoms with van der Waals surface area (Å²) in [5, 5.41) is 15.5. The minimum Gasteiger partial charge on any atom is -0.315 e. The summed E-state index contributed by atoms with van der Waals surface area (Å²) in [5.41, 5.74) is 4.91. The van der Waals surface area contributed by atoms with Crippen LogP contribution in [0.25, 0.3) is 10.9 Å². The Morgan fingerprint density at radius 3 is 2.36 bits per heavy atom. The van der Waals surface area contributed by atoms with E-state index in [2.05, 4.69) is 80.8 Å². The summed E-state index contributed by atoms with van der Waals surface area (Å²) >= 11 is 0. The molecule has 0 amide bonds. The molecule has 1 aliphatic rings. The number of aromatic nitrogens is 1. The molecule has 0 fully saturated rings. The van der Waals surface area contributed by atoms with Crippen molar-refractivity contribution in [3.05, 3.63) is 77.5 Å². The molecule has 176 valence electrons. The summed E-state index contributed by atoms with van der Waals surface area (Å²) in [6, 6.07) is 21.4. The van der Waals surface area contributed by atoms with Crippen LogP contribution in [0.15, 0.2) is 60.7 Å². The van der Waals surface area contributed by atoms with E-state index in [0.717, 1.165) is 89.6 Å². The fraction of sp³-hybridized carbons (Fsp3) is 0.444. The average Bonchev–Trinajstić information content (AvgIpc) is 2.85. The molecule has 0 saturated heterocycles. The Kier molecular flexibility index (Phi) is 9.65. The van der Waals surface area contributed by atoms with Crippen molar-refractivity contribution in [1.82, 2.24) is 31.2 Å². The van der Waals surface area contributed by atoms with Gasteiger partial charge in [0.05, 0.1) is 11.2 Å². The van der Waals surface area contributed by atoms with E-state index < -0.39 is 0 Å². The molecule has 2 aromatic carbocycles. The van der Waals surface area contributed by atoms with E-state index in [0.29, 0.717) is 0 Å². The van der Waals surface area contributed by atoms with E-state index >= 15 is 0 Å². The highest BCUT2D eigenvalue weighted by molar-refractivity contribution is 5.78. The molecule has 1 aliphatic heterocycles. The van der Waals surface area contributed by atoms with Gasteiger partial charge in [0.15, 0.2) is 0 Å². The van der Waals surface area contributed by atoms with Crippen LogP contribution < -0.4 is 21.3 Å². The van der Waals surface area contributed by atoms with Crippen LogP contribution in [0.4, 0.5) is 0 Å². The lowest BCUT2D eigenvalue weighted by atomic mass is 10.1. The van der Waals surface area contributed by atoms with Crippen LogP contribution in [0.1, 0.15) is 23.2 Å². The lowest BCUT2D eigenvalue weighted by molar-refractivity contribution is 0.271. The molecule has 6 nitrogen and oxygen atoms in total. The second-order valence-corrected chi connectivity index (χ2v) is 8.79. The summed E-state index contributed by atoms with van der Waals surface area (Å²) in [5.74, 6) is 0. The Morgan fingerprint density at radius 1 is 0.788 bits per heavy atom. The van der Waals surface area contributed by atoms with Gasteiger partial charge in [0.25, 0.3) is 0 Å². The minimum absolute atomic E-state index is 0.822. The molecular weight excluding hydrogens is 408 g/mol. The summed E-state index contributed by atoms with van der Waals surface area (Å²) in [6.07, 6.45) is 1.12. The summed E-state index contributed by atoms with van der Waals surface area (Å²) in [4.78, 5) is 7.27. The van der Waals surface area contributed by atoms with E-state index in [9.17, 15) is 0 Å². The third kappa shape index (κ3) is 8.18. The first kappa shape index (κ1) is 23.8. The third-order valence-corrected chi connectivity index (χ3v) is 6.13. The normalized spacial score (nSPS) is 15.8. The van der Waals surface area contributed by atoms with Gasteiger partial charge in [-0.2, -0.15) is 0 Å². The first-order valence-electron chi connectivity index (χ1n) is 12.3. The van der Waals surface area contributed by atoms with E-state index in [1.807, 2.05) is 6.07 Å². The largest absolute Gasteiger partial charge is 0.315 e. The van der Waals surface area contributed by atoms with Crippen LogP contribution in [0.2, 0.25) is 0 Å². The molecule has 4 N–H and O–H groups in total. The first-order valence-corrected chi connectivity index (χ1v) is 12.3. The number of pyridine rings is 1. The fourth-order valence-electron chi connectivity index (χ4n) is 4.25. The van der Waals surface area contributed by atoms with Crippen molar-refractivity contribution < 1.29 is 0 Å². The predicted molar refractivity (Wildman–Crippen MR) is 137 cm³/mol.